The molecule has 1 aliphatic heterocycles. The van der Waals surface area contributed by atoms with Gasteiger partial charge < -0.3 is 15.0 Å². The van der Waals surface area contributed by atoms with Crippen LogP contribution in [0, 0.1) is 6.92 Å². The van der Waals surface area contributed by atoms with Crippen LogP contribution in [0.5, 0.6) is 0 Å². The Kier molecular flexibility index (Phi) is 6.89. The van der Waals surface area contributed by atoms with Gasteiger partial charge in [-0.05, 0) is 56.5 Å². The van der Waals surface area contributed by atoms with Crippen LogP contribution in [0.1, 0.15) is 36.0 Å². The predicted octanol–water partition coefficient (Wildman–Crippen LogP) is 3.36. The van der Waals surface area contributed by atoms with Crippen molar-refractivity contribution in [3.05, 3.63) is 71.6 Å². The van der Waals surface area contributed by atoms with E-state index >= 15 is 0 Å². The molecule has 0 fully saturated rings. The van der Waals surface area contributed by atoms with Crippen molar-refractivity contribution in [2.75, 3.05) is 11.4 Å². The maximum atomic E-state index is 13.0. The third-order valence-electron chi connectivity index (χ3n) is 6.94. The number of imidazole rings is 1. The van der Waals surface area contributed by atoms with Gasteiger partial charge in [0.05, 0.1) is 16.7 Å². The predicted molar refractivity (Wildman–Crippen MR) is 140 cm³/mol. The molecule has 1 unspecified atom stereocenters. The fraction of sp³-hybridized carbons (Fsp3) is 0.370. The van der Waals surface area contributed by atoms with Crippen LogP contribution in [0.4, 0.5) is 10.5 Å². The molecule has 10 heteroatoms. The minimum absolute atomic E-state index is 0.103. The monoisotopic (exact) mass is 501 g/mol. The van der Waals surface area contributed by atoms with Crippen molar-refractivity contribution in [3.8, 4) is 0 Å². The zero-order valence-corrected chi connectivity index (χ0v) is 21.1. The van der Waals surface area contributed by atoms with Crippen molar-refractivity contribution < 1.29 is 14.7 Å². The minimum Gasteiger partial charge on any atom is -0.465 e. The number of rotatable bonds is 8. The van der Waals surface area contributed by atoms with Crippen LogP contribution in [0.3, 0.4) is 0 Å². The Morgan fingerprint density at radius 3 is 2.78 bits per heavy atom. The second-order valence-corrected chi connectivity index (χ2v) is 9.48. The standard InChI is InChI=1S/C27H31N7O3/c1-18-16-22-21(8-7-19(2)34(22)27(36)37)25-26(18)33(23(31-25)10-15-32-14-5-12-30-32)17-24(35)29-13-9-20-6-3-4-11-28-20/h3-6,11-12,14,16,19H,7-10,13,15,17H2,1-2H3,(H,29,35)(H,36,37). The Hall–Kier alpha value is -4.21. The summed E-state index contributed by atoms with van der Waals surface area (Å²) in [5, 5.41) is 17.2. The number of aromatic nitrogens is 5. The molecule has 1 atom stereocenters. The van der Waals surface area contributed by atoms with Gasteiger partial charge in [-0.15, -0.1) is 0 Å². The number of carbonyl (C=O) groups excluding carboxylic acids is 1. The number of nitrogens with zero attached hydrogens (tertiary/aromatic N) is 6. The molecule has 37 heavy (non-hydrogen) atoms. The topological polar surface area (TPSA) is 118 Å². The highest BCUT2D eigenvalue weighted by atomic mass is 16.4. The Morgan fingerprint density at radius 1 is 1.19 bits per heavy atom. The molecular weight excluding hydrogens is 470 g/mol. The molecule has 0 spiro atoms. The second kappa shape index (κ2) is 10.4. The maximum Gasteiger partial charge on any atom is 0.412 e. The summed E-state index contributed by atoms with van der Waals surface area (Å²) in [7, 11) is 0. The Bertz CT molecular complexity index is 1410. The van der Waals surface area contributed by atoms with Gasteiger partial charge in [-0.2, -0.15) is 5.10 Å². The van der Waals surface area contributed by atoms with Crippen molar-refractivity contribution in [2.45, 2.75) is 58.7 Å². The summed E-state index contributed by atoms with van der Waals surface area (Å²) < 4.78 is 3.82. The van der Waals surface area contributed by atoms with E-state index in [4.69, 9.17) is 4.98 Å². The highest BCUT2D eigenvalue weighted by molar-refractivity contribution is 5.96. The summed E-state index contributed by atoms with van der Waals surface area (Å²) in [4.78, 5) is 35.8. The second-order valence-electron chi connectivity index (χ2n) is 9.48. The zero-order valence-electron chi connectivity index (χ0n) is 21.1. The van der Waals surface area contributed by atoms with Gasteiger partial charge in [0.25, 0.3) is 0 Å². The molecule has 0 saturated carbocycles. The van der Waals surface area contributed by atoms with E-state index in [0.29, 0.717) is 31.6 Å². The van der Waals surface area contributed by atoms with E-state index < -0.39 is 6.09 Å². The summed E-state index contributed by atoms with van der Waals surface area (Å²) in [5.41, 5.74) is 5.11. The first kappa shape index (κ1) is 24.5. The molecule has 192 valence electrons. The summed E-state index contributed by atoms with van der Waals surface area (Å²) in [5.74, 6) is 0.677. The SMILES string of the molecule is Cc1cc2c(c3nc(CCn4cccn4)n(CC(=O)NCCc4ccccn4)c13)CCC(C)N2C(=O)O. The average molecular weight is 502 g/mol. The number of benzene rings is 1. The van der Waals surface area contributed by atoms with E-state index in [2.05, 4.69) is 15.4 Å². The van der Waals surface area contributed by atoms with Gasteiger partial charge in [-0.1, -0.05) is 6.07 Å². The van der Waals surface area contributed by atoms with Gasteiger partial charge in [0.1, 0.15) is 12.4 Å². The smallest absolute Gasteiger partial charge is 0.412 e. The lowest BCUT2D eigenvalue weighted by Gasteiger charge is -2.33. The Labute approximate surface area is 214 Å². The molecule has 3 aromatic heterocycles. The van der Waals surface area contributed by atoms with E-state index in [1.807, 2.05) is 59.6 Å². The highest BCUT2D eigenvalue weighted by Crippen LogP contribution is 2.38. The van der Waals surface area contributed by atoms with Crippen LogP contribution in [-0.4, -0.2) is 54.0 Å². The van der Waals surface area contributed by atoms with Crippen molar-refractivity contribution in [1.82, 2.24) is 29.6 Å². The highest BCUT2D eigenvalue weighted by Gasteiger charge is 2.31. The third-order valence-corrected chi connectivity index (χ3v) is 6.94. The number of hydrogen-bond donors (Lipinski definition) is 2. The molecule has 4 heterocycles. The van der Waals surface area contributed by atoms with Crippen LogP contribution in [-0.2, 0) is 37.1 Å². The Balaban J connectivity index is 1.47. The summed E-state index contributed by atoms with van der Waals surface area (Å²) in [6.07, 6.45) is 7.12. The number of nitrogens with one attached hydrogen (secondary N) is 1. The van der Waals surface area contributed by atoms with Crippen LogP contribution < -0.4 is 10.2 Å². The van der Waals surface area contributed by atoms with Gasteiger partial charge in [-0.25, -0.2) is 9.78 Å². The molecule has 1 aliphatic rings. The van der Waals surface area contributed by atoms with Crippen LogP contribution >= 0.6 is 0 Å². The molecule has 10 nitrogen and oxygen atoms in total. The number of amides is 2. The molecular formula is C27H31N7O3. The van der Waals surface area contributed by atoms with Crippen molar-refractivity contribution in [2.24, 2.45) is 0 Å². The molecule has 0 radical (unpaired) electrons. The van der Waals surface area contributed by atoms with Gasteiger partial charge in [0.15, 0.2) is 0 Å². The van der Waals surface area contributed by atoms with Gasteiger partial charge in [0, 0.05) is 61.8 Å². The first-order valence-corrected chi connectivity index (χ1v) is 12.6. The van der Waals surface area contributed by atoms with E-state index in [9.17, 15) is 14.7 Å². The van der Waals surface area contributed by atoms with Gasteiger partial charge in [0.2, 0.25) is 5.91 Å². The van der Waals surface area contributed by atoms with Crippen molar-refractivity contribution in [3.63, 3.8) is 0 Å². The first-order chi connectivity index (χ1) is 17.9. The van der Waals surface area contributed by atoms with E-state index in [-0.39, 0.29) is 18.5 Å². The molecule has 0 aliphatic carbocycles. The normalized spacial score (nSPS) is 15.1. The van der Waals surface area contributed by atoms with Crippen LogP contribution in [0.15, 0.2) is 48.9 Å². The summed E-state index contributed by atoms with van der Waals surface area (Å²) in [6.45, 7) is 5.13. The van der Waals surface area contributed by atoms with Crippen LogP contribution in [0.25, 0.3) is 11.0 Å². The van der Waals surface area contributed by atoms with Crippen LogP contribution in [0.2, 0.25) is 0 Å². The lowest BCUT2D eigenvalue weighted by atomic mass is 9.94. The van der Waals surface area contributed by atoms with E-state index in [0.717, 1.165) is 46.5 Å². The number of hydrogen-bond acceptors (Lipinski definition) is 5. The fourth-order valence-corrected chi connectivity index (χ4v) is 5.15. The quantitative estimate of drug-likeness (QED) is 0.382. The zero-order chi connectivity index (χ0) is 25.9. The number of aryl methyl sites for hydroxylation is 4. The largest absolute Gasteiger partial charge is 0.465 e. The molecule has 0 saturated heterocycles. The lowest BCUT2D eigenvalue weighted by molar-refractivity contribution is -0.121. The fourth-order valence-electron chi connectivity index (χ4n) is 5.15. The molecule has 2 N–H and O–H groups in total. The first-order valence-electron chi connectivity index (χ1n) is 12.6. The third kappa shape index (κ3) is 5.04. The van der Waals surface area contributed by atoms with Crippen molar-refractivity contribution >= 4 is 28.7 Å². The molecule has 2 amide bonds. The number of carboxylic acid groups (broad SMARTS) is 1. The number of carbonyl (C=O) groups is 2. The molecule has 4 aromatic rings. The summed E-state index contributed by atoms with van der Waals surface area (Å²) >= 11 is 0. The van der Waals surface area contributed by atoms with E-state index in [1.165, 1.54) is 4.90 Å². The van der Waals surface area contributed by atoms with Gasteiger partial charge in [-0.3, -0.25) is 19.4 Å². The maximum absolute atomic E-state index is 13.0. The Morgan fingerprint density at radius 2 is 2.05 bits per heavy atom. The van der Waals surface area contributed by atoms with Gasteiger partial charge >= 0.3 is 6.09 Å². The average Bonchev–Trinajstić information content (AvgIpc) is 3.51. The minimum atomic E-state index is -0.960. The number of pyridine rings is 1. The lowest BCUT2D eigenvalue weighted by Crippen LogP contribution is -2.41. The number of fused-ring (bicyclic) bond motifs is 3. The molecule has 5 rings (SSSR count). The summed E-state index contributed by atoms with van der Waals surface area (Å²) in [6, 6.07) is 9.44. The van der Waals surface area contributed by atoms with Crippen molar-refractivity contribution in [1.29, 1.82) is 0 Å². The molecule has 0 bridgehead atoms. The number of anilines is 1. The van der Waals surface area contributed by atoms with E-state index in [1.54, 1.807) is 12.4 Å². The molecule has 1 aromatic carbocycles.